The summed E-state index contributed by atoms with van der Waals surface area (Å²) in [5, 5.41) is 12.9. The molecule has 10 nitrogen and oxygen atoms in total. The number of nitrogens with one attached hydrogen (secondary N) is 3. The molecule has 0 spiro atoms. The van der Waals surface area contributed by atoms with E-state index < -0.39 is 22.7 Å². The molecule has 0 radical (unpaired) electrons. The maximum absolute atomic E-state index is 12.0. The van der Waals surface area contributed by atoms with Gasteiger partial charge in [0.05, 0.1) is 18.0 Å². The molecule has 2 amide bonds. The SMILES string of the molecule is O=C(CCC(=O)OCCCc1ccccc1)NC(=S)NNC(=O)c1cccc([N+](=O)[O-])c1. The van der Waals surface area contributed by atoms with Gasteiger partial charge in [-0.05, 0) is 36.7 Å². The summed E-state index contributed by atoms with van der Waals surface area (Å²) in [6.07, 6.45) is 1.22. The molecule has 0 aliphatic rings. The van der Waals surface area contributed by atoms with Crippen LogP contribution in [-0.4, -0.2) is 34.4 Å². The van der Waals surface area contributed by atoms with Crippen molar-refractivity contribution in [2.24, 2.45) is 0 Å². The van der Waals surface area contributed by atoms with Gasteiger partial charge in [-0.25, -0.2) is 0 Å². The monoisotopic (exact) mass is 458 g/mol. The Balaban J connectivity index is 1.61. The van der Waals surface area contributed by atoms with Gasteiger partial charge in [0.15, 0.2) is 5.11 Å². The molecule has 0 heterocycles. The average molecular weight is 458 g/mol. The first-order chi connectivity index (χ1) is 15.3. The van der Waals surface area contributed by atoms with Gasteiger partial charge in [0.25, 0.3) is 11.6 Å². The number of carbonyl (C=O) groups is 3. The first kappa shape index (κ1) is 24.4. The van der Waals surface area contributed by atoms with Crippen molar-refractivity contribution in [3.8, 4) is 0 Å². The van der Waals surface area contributed by atoms with Gasteiger partial charge in [0.1, 0.15) is 0 Å². The van der Waals surface area contributed by atoms with Gasteiger partial charge in [-0.3, -0.25) is 35.3 Å². The van der Waals surface area contributed by atoms with Crippen LogP contribution in [0.4, 0.5) is 5.69 Å². The summed E-state index contributed by atoms with van der Waals surface area (Å²) in [6, 6.07) is 14.9. The fourth-order valence-electron chi connectivity index (χ4n) is 2.56. The van der Waals surface area contributed by atoms with Gasteiger partial charge in [-0.1, -0.05) is 36.4 Å². The summed E-state index contributed by atoms with van der Waals surface area (Å²) in [4.78, 5) is 45.8. The number of amides is 2. The highest BCUT2D eigenvalue weighted by Gasteiger charge is 2.13. The third kappa shape index (κ3) is 8.88. The van der Waals surface area contributed by atoms with Gasteiger partial charge in [-0.2, -0.15) is 0 Å². The van der Waals surface area contributed by atoms with E-state index in [0.29, 0.717) is 6.42 Å². The molecule has 0 saturated heterocycles. The summed E-state index contributed by atoms with van der Waals surface area (Å²) in [6.45, 7) is 0.263. The van der Waals surface area contributed by atoms with Crippen LogP contribution in [0.1, 0.15) is 35.2 Å². The molecule has 0 fully saturated rings. The minimum Gasteiger partial charge on any atom is -0.466 e. The molecule has 0 aliphatic heterocycles. The van der Waals surface area contributed by atoms with E-state index in [1.165, 1.54) is 18.2 Å². The fraction of sp³-hybridized carbons (Fsp3) is 0.238. The number of nitro benzene ring substituents is 1. The number of nitro groups is 1. The molecule has 2 rings (SSSR count). The van der Waals surface area contributed by atoms with Gasteiger partial charge in [-0.15, -0.1) is 0 Å². The van der Waals surface area contributed by atoms with Crippen molar-refractivity contribution in [3.05, 3.63) is 75.8 Å². The van der Waals surface area contributed by atoms with E-state index in [1.807, 2.05) is 30.3 Å². The number of esters is 1. The van der Waals surface area contributed by atoms with Crippen LogP contribution < -0.4 is 16.2 Å². The Kier molecular flexibility index (Phi) is 9.72. The molecule has 2 aromatic carbocycles. The van der Waals surface area contributed by atoms with Crippen LogP contribution >= 0.6 is 12.2 Å². The number of rotatable bonds is 9. The first-order valence-electron chi connectivity index (χ1n) is 9.69. The summed E-state index contributed by atoms with van der Waals surface area (Å²) in [7, 11) is 0. The van der Waals surface area contributed by atoms with Crippen LogP contribution in [0.5, 0.6) is 0 Å². The lowest BCUT2D eigenvalue weighted by Crippen LogP contribution is -2.48. The minimum absolute atomic E-state index is 0.0378. The Morgan fingerprint density at radius 3 is 2.47 bits per heavy atom. The van der Waals surface area contributed by atoms with E-state index in [4.69, 9.17) is 17.0 Å². The quantitative estimate of drug-likeness (QED) is 0.171. The molecule has 0 atom stereocenters. The average Bonchev–Trinajstić information content (AvgIpc) is 2.79. The zero-order chi connectivity index (χ0) is 23.3. The third-order valence-electron chi connectivity index (χ3n) is 4.13. The number of hydrogen-bond donors (Lipinski definition) is 3. The van der Waals surface area contributed by atoms with E-state index in [9.17, 15) is 24.5 Å². The van der Waals surface area contributed by atoms with Gasteiger partial charge in [0.2, 0.25) is 5.91 Å². The van der Waals surface area contributed by atoms with Crippen LogP contribution in [0.15, 0.2) is 54.6 Å². The number of ether oxygens (including phenoxy) is 1. The van der Waals surface area contributed by atoms with E-state index in [1.54, 1.807) is 0 Å². The van der Waals surface area contributed by atoms with Crippen LogP contribution in [0.25, 0.3) is 0 Å². The summed E-state index contributed by atoms with van der Waals surface area (Å²) >= 11 is 4.90. The zero-order valence-electron chi connectivity index (χ0n) is 17.0. The molecule has 2 aromatic rings. The minimum atomic E-state index is -0.677. The van der Waals surface area contributed by atoms with E-state index in [2.05, 4.69) is 16.2 Å². The normalized spacial score (nSPS) is 10.0. The molecule has 0 bridgehead atoms. The largest absolute Gasteiger partial charge is 0.466 e. The Morgan fingerprint density at radius 2 is 1.75 bits per heavy atom. The fourth-order valence-corrected chi connectivity index (χ4v) is 2.73. The predicted molar refractivity (Wildman–Crippen MR) is 119 cm³/mol. The van der Waals surface area contributed by atoms with Crippen molar-refractivity contribution in [2.75, 3.05) is 6.61 Å². The summed E-state index contributed by atoms with van der Waals surface area (Å²) < 4.78 is 5.10. The maximum Gasteiger partial charge on any atom is 0.306 e. The third-order valence-corrected chi connectivity index (χ3v) is 4.34. The Labute approximate surface area is 189 Å². The highest BCUT2D eigenvalue weighted by molar-refractivity contribution is 7.80. The number of aryl methyl sites for hydroxylation is 1. The van der Waals surface area contributed by atoms with E-state index >= 15 is 0 Å². The highest BCUT2D eigenvalue weighted by Crippen LogP contribution is 2.12. The highest BCUT2D eigenvalue weighted by atomic mass is 32.1. The number of non-ortho nitro benzene ring substituents is 1. The molecule has 3 N–H and O–H groups in total. The van der Waals surface area contributed by atoms with Crippen molar-refractivity contribution in [1.82, 2.24) is 16.2 Å². The topological polar surface area (TPSA) is 140 Å². The molecular formula is C21H22N4O6S. The van der Waals surface area contributed by atoms with E-state index in [0.717, 1.165) is 18.1 Å². The maximum atomic E-state index is 12.0. The number of nitrogens with zero attached hydrogens (tertiary/aromatic N) is 1. The number of thiocarbonyl (C=S) groups is 1. The summed E-state index contributed by atoms with van der Waals surface area (Å²) in [5.41, 5.74) is 5.50. The van der Waals surface area contributed by atoms with E-state index in [-0.39, 0.29) is 35.8 Å². The molecule has 0 unspecified atom stereocenters. The first-order valence-corrected chi connectivity index (χ1v) is 10.1. The Bertz CT molecular complexity index is 983. The van der Waals surface area contributed by atoms with Gasteiger partial charge >= 0.3 is 5.97 Å². The predicted octanol–water partition coefficient (Wildman–Crippen LogP) is 2.19. The van der Waals surface area contributed by atoms with Crippen molar-refractivity contribution in [1.29, 1.82) is 0 Å². The second-order valence-corrected chi connectivity index (χ2v) is 6.98. The van der Waals surface area contributed by atoms with Gasteiger partial charge in [0, 0.05) is 24.1 Å². The van der Waals surface area contributed by atoms with Crippen LogP contribution in [-0.2, 0) is 20.7 Å². The second-order valence-electron chi connectivity index (χ2n) is 6.57. The number of benzene rings is 2. The molecular weight excluding hydrogens is 436 g/mol. The second kappa shape index (κ2) is 12.7. The summed E-state index contributed by atoms with van der Waals surface area (Å²) in [5.74, 6) is -1.70. The van der Waals surface area contributed by atoms with Crippen molar-refractivity contribution in [2.45, 2.75) is 25.7 Å². The van der Waals surface area contributed by atoms with Crippen molar-refractivity contribution < 1.29 is 24.0 Å². The Hall–Kier alpha value is -3.86. The smallest absolute Gasteiger partial charge is 0.306 e. The molecule has 0 aromatic heterocycles. The standard InChI is InChI=1S/C21H22N4O6S/c26-18(11-12-19(27)31-13-5-8-15-6-2-1-3-7-15)22-21(32)24-23-20(28)16-9-4-10-17(14-16)25(29)30/h1-4,6-7,9-10,14H,5,8,11-13H2,(H,23,28)(H2,22,24,26,32). The lowest BCUT2D eigenvalue weighted by Gasteiger charge is -2.11. The number of hydrogen-bond acceptors (Lipinski definition) is 7. The van der Waals surface area contributed by atoms with Crippen LogP contribution in [0, 0.1) is 10.1 Å². The van der Waals surface area contributed by atoms with Crippen molar-refractivity contribution in [3.63, 3.8) is 0 Å². The van der Waals surface area contributed by atoms with Crippen molar-refractivity contribution >= 4 is 40.8 Å². The molecule has 11 heteroatoms. The van der Waals surface area contributed by atoms with Crippen LogP contribution in [0.2, 0.25) is 0 Å². The lowest BCUT2D eigenvalue weighted by molar-refractivity contribution is -0.384. The molecule has 32 heavy (non-hydrogen) atoms. The van der Waals surface area contributed by atoms with Crippen LogP contribution in [0.3, 0.4) is 0 Å². The Morgan fingerprint density at radius 1 is 1.00 bits per heavy atom. The number of carbonyl (C=O) groups excluding carboxylic acids is 3. The van der Waals surface area contributed by atoms with Gasteiger partial charge < -0.3 is 10.1 Å². The number of hydrazine groups is 1. The zero-order valence-corrected chi connectivity index (χ0v) is 17.9. The molecule has 168 valence electrons. The molecule has 0 saturated carbocycles. The molecule has 0 aliphatic carbocycles. The lowest BCUT2D eigenvalue weighted by atomic mass is 10.1.